The maximum atomic E-state index is 13.8. The number of H-pyrrole nitrogens is 1. The van der Waals surface area contributed by atoms with Crippen molar-refractivity contribution in [2.75, 3.05) is 12.4 Å². The van der Waals surface area contributed by atoms with E-state index in [9.17, 15) is 14.0 Å². The van der Waals surface area contributed by atoms with Crippen LogP contribution in [0.15, 0.2) is 22.7 Å². The number of anilines is 1. The summed E-state index contributed by atoms with van der Waals surface area (Å²) < 4.78 is 19.0. The Morgan fingerprint density at radius 3 is 2.59 bits per heavy atom. The normalized spacial score (nSPS) is 10.4. The highest BCUT2D eigenvalue weighted by Crippen LogP contribution is 2.22. The fraction of sp³-hybridized carbons (Fsp3) is 0.200. The Labute approximate surface area is 135 Å². The van der Waals surface area contributed by atoms with E-state index in [1.165, 1.54) is 19.2 Å². The number of rotatable bonds is 3. The van der Waals surface area contributed by atoms with Gasteiger partial charge in [-0.2, -0.15) is 0 Å². The molecular formula is C15H14BrFN2O3. The van der Waals surface area contributed by atoms with E-state index < -0.39 is 17.7 Å². The zero-order chi connectivity index (χ0) is 16.4. The van der Waals surface area contributed by atoms with Crippen LogP contribution in [-0.4, -0.2) is 24.0 Å². The van der Waals surface area contributed by atoms with E-state index in [1.54, 1.807) is 19.9 Å². The third-order valence-corrected chi connectivity index (χ3v) is 3.73. The van der Waals surface area contributed by atoms with E-state index in [1.807, 2.05) is 0 Å². The first-order valence-electron chi connectivity index (χ1n) is 6.39. The van der Waals surface area contributed by atoms with E-state index in [0.29, 0.717) is 21.3 Å². The molecule has 0 radical (unpaired) electrons. The van der Waals surface area contributed by atoms with Crippen LogP contribution in [0.25, 0.3) is 0 Å². The van der Waals surface area contributed by atoms with Crippen molar-refractivity contribution >= 4 is 33.5 Å². The number of nitrogens with one attached hydrogen (secondary N) is 2. The molecule has 0 unspecified atom stereocenters. The Balaban J connectivity index is 2.32. The summed E-state index contributed by atoms with van der Waals surface area (Å²) in [5, 5.41) is 2.47. The molecule has 5 nitrogen and oxygen atoms in total. The Morgan fingerprint density at radius 1 is 1.32 bits per heavy atom. The maximum absolute atomic E-state index is 13.8. The SMILES string of the molecule is COC(=O)c1c(C)[nH]c(C(=O)Nc2ccc(Br)cc2F)c1C. The number of amides is 1. The molecule has 1 aromatic heterocycles. The molecule has 0 bridgehead atoms. The predicted octanol–water partition coefficient (Wildman–Crippen LogP) is 3.57. The fourth-order valence-corrected chi connectivity index (χ4v) is 2.49. The average Bonchev–Trinajstić information content (AvgIpc) is 2.76. The van der Waals surface area contributed by atoms with E-state index in [0.717, 1.165) is 0 Å². The van der Waals surface area contributed by atoms with Crippen molar-refractivity contribution in [2.24, 2.45) is 0 Å². The van der Waals surface area contributed by atoms with Gasteiger partial charge in [0.05, 0.1) is 18.4 Å². The highest BCUT2D eigenvalue weighted by atomic mass is 79.9. The minimum absolute atomic E-state index is 0.0551. The van der Waals surface area contributed by atoms with Crippen LogP contribution in [0.2, 0.25) is 0 Å². The van der Waals surface area contributed by atoms with Crippen molar-refractivity contribution < 1.29 is 18.7 Å². The lowest BCUT2D eigenvalue weighted by molar-refractivity contribution is 0.0599. The molecule has 0 atom stereocenters. The van der Waals surface area contributed by atoms with Crippen molar-refractivity contribution in [3.8, 4) is 0 Å². The summed E-state index contributed by atoms with van der Waals surface area (Å²) in [6.07, 6.45) is 0. The number of methoxy groups -OCH3 is 1. The molecule has 0 saturated carbocycles. The lowest BCUT2D eigenvalue weighted by atomic mass is 10.1. The number of halogens is 2. The number of aromatic amines is 1. The first-order valence-corrected chi connectivity index (χ1v) is 7.18. The summed E-state index contributed by atoms with van der Waals surface area (Å²) in [5.74, 6) is -1.62. The molecule has 2 N–H and O–H groups in total. The van der Waals surface area contributed by atoms with Crippen LogP contribution in [-0.2, 0) is 4.74 Å². The molecule has 2 rings (SSSR count). The van der Waals surface area contributed by atoms with Gasteiger partial charge in [-0.05, 0) is 37.6 Å². The quantitative estimate of drug-likeness (QED) is 0.813. The van der Waals surface area contributed by atoms with E-state index in [4.69, 9.17) is 0 Å². The molecule has 0 aliphatic heterocycles. The highest BCUT2D eigenvalue weighted by Gasteiger charge is 2.22. The largest absolute Gasteiger partial charge is 0.465 e. The third kappa shape index (κ3) is 3.04. The summed E-state index contributed by atoms with van der Waals surface area (Å²) in [5.41, 5.74) is 1.54. The molecular weight excluding hydrogens is 355 g/mol. The highest BCUT2D eigenvalue weighted by molar-refractivity contribution is 9.10. The van der Waals surface area contributed by atoms with Crippen LogP contribution in [0.3, 0.4) is 0 Å². The number of esters is 1. The topological polar surface area (TPSA) is 71.2 Å². The van der Waals surface area contributed by atoms with Crippen LogP contribution in [0, 0.1) is 19.7 Å². The summed E-state index contributed by atoms with van der Waals surface area (Å²) in [6.45, 7) is 3.29. The van der Waals surface area contributed by atoms with E-state index >= 15 is 0 Å². The Hall–Kier alpha value is -2.15. The number of hydrogen-bond acceptors (Lipinski definition) is 3. The van der Waals surface area contributed by atoms with Gasteiger partial charge in [0, 0.05) is 10.2 Å². The van der Waals surface area contributed by atoms with Gasteiger partial charge in [-0.1, -0.05) is 15.9 Å². The number of hydrogen-bond donors (Lipinski definition) is 2. The molecule has 0 spiro atoms. The predicted molar refractivity (Wildman–Crippen MR) is 83.7 cm³/mol. The first kappa shape index (κ1) is 16.2. The number of carbonyl (C=O) groups is 2. The van der Waals surface area contributed by atoms with Crippen LogP contribution in [0.5, 0.6) is 0 Å². The minimum Gasteiger partial charge on any atom is -0.465 e. The third-order valence-electron chi connectivity index (χ3n) is 3.23. The average molecular weight is 369 g/mol. The first-order chi connectivity index (χ1) is 10.3. The van der Waals surface area contributed by atoms with Gasteiger partial charge in [0.1, 0.15) is 11.5 Å². The summed E-state index contributed by atoms with van der Waals surface area (Å²) >= 11 is 3.15. The maximum Gasteiger partial charge on any atom is 0.339 e. The van der Waals surface area contributed by atoms with Crippen LogP contribution in [0.1, 0.15) is 32.1 Å². The van der Waals surface area contributed by atoms with Crippen LogP contribution < -0.4 is 5.32 Å². The van der Waals surface area contributed by atoms with Gasteiger partial charge < -0.3 is 15.0 Å². The Kier molecular flexibility index (Phi) is 4.65. The number of ether oxygens (including phenoxy) is 1. The number of aryl methyl sites for hydroxylation is 1. The van der Waals surface area contributed by atoms with Crippen LogP contribution in [0.4, 0.5) is 10.1 Å². The minimum atomic E-state index is -0.558. The van der Waals surface area contributed by atoms with Gasteiger partial charge in [-0.15, -0.1) is 0 Å². The van der Waals surface area contributed by atoms with Gasteiger partial charge in [0.15, 0.2) is 0 Å². The van der Waals surface area contributed by atoms with Gasteiger partial charge >= 0.3 is 5.97 Å². The smallest absolute Gasteiger partial charge is 0.339 e. The lowest BCUT2D eigenvalue weighted by Gasteiger charge is -2.06. The summed E-state index contributed by atoms with van der Waals surface area (Å²) in [4.78, 5) is 26.8. The Morgan fingerprint density at radius 2 is 2.00 bits per heavy atom. The molecule has 116 valence electrons. The second-order valence-electron chi connectivity index (χ2n) is 4.69. The molecule has 1 aromatic carbocycles. The standard InChI is InChI=1S/C15H14BrFN2O3/c1-7-12(15(21)22-3)8(2)18-13(7)14(20)19-11-5-4-9(16)6-10(11)17/h4-6,18H,1-3H3,(H,19,20). The van der Waals surface area contributed by atoms with Crippen molar-refractivity contribution in [3.63, 3.8) is 0 Å². The van der Waals surface area contributed by atoms with Crippen LogP contribution >= 0.6 is 15.9 Å². The monoisotopic (exact) mass is 368 g/mol. The fourth-order valence-electron chi connectivity index (χ4n) is 2.16. The lowest BCUT2D eigenvalue weighted by Crippen LogP contribution is -2.15. The Bertz CT molecular complexity index is 755. The molecule has 2 aromatic rings. The zero-order valence-corrected chi connectivity index (χ0v) is 13.8. The molecule has 7 heteroatoms. The molecule has 22 heavy (non-hydrogen) atoms. The zero-order valence-electron chi connectivity index (χ0n) is 12.2. The van der Waals surface area contributed by atoms with E-state index in [2.05, 4.69) is 31.0 Å². The van der Waals surface area contributed by atoms with Crippen molar-refractivity contribution in [2.45, 2.75) is 13.8 Å². The van der Waals surface area contributed by atoms with Gasteiger partial charge in [0.2, 0.25) is 0 Å². The molecule has 0 saturated heterocycles. The van der Waals surface area contributed by atoms with Crippen molar-refractivity contribution in [1.82, 2.24) is 4.98 Å². The molecule has 0 fully saturated rings. The van der Waals surface area contributed by atoms with E-state index in [-0.39, 0.29) is 11.4 Å². The number of benzene rings is 1. The number of carbonyl (C=O) groups excluding carboxylic acids is 2. The summed E-state index contributed by atoms with van der Waals surface area (Å²) in [7, 11) is 1.27. The van der Waals surface area contributed by atoms with Gasteiger partial charge in [0.25, 0.3) is 5.91 Å². The molecule has 1 amide bonds. The summed E-state index contributed by atoms with van der Waals surface area (Å²) in [6, 6.07) is 4.32. The van der Waals surface area contributed by atoms with Crippen molar-refractivity contribution in [1.29, 1.82) is 0 Å². The van der Waals surface area contributed by atoms with Gasteiger partial charge in [-0.25, -0.2) is 9.18 Å². The second kappa shape index (κ2) is 6.31. The van der Waals surface area contributed by atoms with Gasteiger partial charge in [-0.3, -0.25) is 4.79 Å². The molecule has 1 heterocycles. The molecule has 0 aliphatic carbocycles. The van der Waals surface area contributed by atoms with Crippen molar-refractivity contribution in [3.05, 3.63) is 51.0 Å². The number of aromatic nitrogens is 1. The molecule has 0 aliphatic rings. The second-order valence-corrected chi connectivity index (χ2v) is 5.61.